The Morgan fingerprint density at radius 1 is 1.16 bits per heavy atom. The maximum atomic E-state index is 5.75. The van der Waals surface area contributed by atoms with E-state index in [9.17, 15) is 0 Å². The molecule has 4 N–H and O–H groups in total. The maximum Gasteiger partial charge on any atom is 0.131 e. The van der Waals surface area contributed by atoms with E-state index in [1.165, 1.54) is 29.8 Å². The van der Waals surface area contributed by atoms with Crippen LogP contribution in [0.25, 0.3) is 0 Å². The lowest BCUT2D eigenvalue weighted by Gasteiger charge is -2.21. The number of hydrogen-bond acceptors (Lipinski definition) is 5. The molecule has 5 heteroatoms. The number of aromatic nitrogens is 1. The normalized spacial score (nSPS) is 17.1. The van der Waals surface area contributed by atoms with Gasteiger partial charge in [-0.25, -0.2) is 4.98 Å². The van der Waals surface area contributed by atoms with Crippen LogP contribution in [-0.4, -0.2) is 11.5 Å². The van der Waals surface area contributed by atoms with E-state index < -0.39 is 0 Å². The first-order valence-electron chi connectivity index (χ1n) is 8.60. The topological polar surface area (TPSA) is 63.0 Å². The number of benzene rings is 1. The SMILES string of the molecule is CC1=C(Nc2cccc(Sc3ccc(N)cc3)n2)C=C(C2CC2)NC1. The maximum absolute atomic E-state index is 5.75. The van der Waals surface area contributed by atoms with E-state index in [0.29, 0.717) is 0 Å². The average molecular weight is 350 g/mol. The molecular weight excluding hydrogens is 328 g/mol. The molecule has 0 saturated heterocycles. The lowest BCUT2D eigenvalue weighted by atomic mass is 10.1. The Morgan fingerprint density at radius 2 is 1.96 bits per heavy atom. The van der Waals surface area contributed by atoms with Crippen LogP contribution >= 0.6 is 11.8 Å². The van der Waals surface area contributed by atoms with Crippen LogP contribution in [0.3, 0.4) is 0 Å². The summed E-state index contributed by atoms with van der Waals surface area (Å²) in [4.78, 5) is 5.87. The van der Waals surface area contributed by atoms with Crippen LogP contribution in [0.1, 0.15) is 19.8 Å². The number of hydrogen-bond donors (Lipinski definition) is 3. The summed E-state index contributed by atoms with van der Waals surface area (Å²) in [5, 5.41) is 7.99. The number of nitrogen functional groups attached to an aromatic ring is 1. The second-order valence-corrected chi connectivity index (χ2v) is 7.67. The van der Waals surface area contributed by atoms with Crippen molar-refractivity contribution in [3.63, 3.8) is 0 Å². The number of pyridine rings is 1. The van der Waals surface area contributed by atoms with Gasteiger partial charge in [0.2, 0.25) is 0 Å². The molecule has 2 heterocycles. The zero-order valence-electron chi connectivity index (χ0n) is 14.3. The molecule has 25 heavy (non-hydrogen) atoms. The van der Waals surface area contributed by atoms with Gasteiger partial charge in [0.1, 0.15) is 10.8 Å². The molecule has 1 aromatic carbocycles. The molecule has 1 fully saturated rings. The molecular formula is C20H22N4S. The summed E-state index contributed by atoms with van der Waals surface area (Å²) in [6.45, 7) is 3.06. The minimum atomic E-state index is 0.727. The van der Waals surface area contributed by atoms with Crippen LogP contribution in [0.4, 0.5) is 11.5 Å². The summed E-state index contributed by atoms with van der Waals surface area (Å²) in [6, 6.07) is 14.0. The molecule has 1 saturated carbocycles. The summed E-state index contributed by atoms with van der Waals surface area (Å²) in [6.07, 6.45) is 4.85. The van der Waals surface area contributed by atoms with Gasteiger partial charge in [-0.1, -0.05) is 17.8 Å². The van der Waals surface area contributed by atoms with Gasteiger partial charge in [0.05, 0.1) is 0 Å². The van der Waals surface area contributed by atoms with Crippen molar-refractivity contribution >= 4 is 23.3 Å². The van der Waals surface area contributed by atoms with E-state index in [2.05, 4.69) is 23.6 Å². The van der Waals surface area contributed by atoms with Gasteiger partial charge >= 0.3 is 0 Å². The molecule has 0 amide bonds. The van der Waals surface area contributed by atoms with Crippen LogP contribution in [0.2, 0.25) is 0 Å². The first kappa shape index (κ1) is 16.1. The third kappa shape index (κ3) is 3.99. The van der Waals surface area contributed by atoms with Crippen molar-refractivity contribution in [3.8, 4) is 0 Å². The van der Waals surface area contributed by atoms with Crippen LogP contribution in [0.15, 0.2) is 75.4 Å². The Kier molecular flexibility index (Phi) is 4.40. The fourth-order valence-electron chi connectivity index (χ4n) is 2.79. The van der Waals surface area contributed by atoms with Gasteiger partial charge in [0, 0.05) is 28.5 Å². The van der Waals surface area contributed by atoms with Gasteiger partial charge in [-0.2, -0.15) is 0 Å². The monoisotopic (exact) mass is 350 g/mol. The molecule has 0 spiro atoms. The molecule has 1 aromatic heterocycles. The minimum absolute atomic E-state index is 0.727. The second-order valence-electron chi connectivity index (χ2n) is 6.58. The van der Waals surface area contributed by atoms with Crippen molar-refractivity contribution in [2.24, 2.45) is 5.92 Å². The van der Waals surface area contributed by atoms with Crippen molar-refractivity contribution in [2.75, 3.05) is 17.6 Å². The van der Waals surface area contributed by atoms with Crippen molar-refractivity contribution in [1.82, 2.24) is 10.3 Å². The standard InChI is InChI=1S/C20H22N4S/c1-13-12-22-18(14-5-6-14)11-17(13)23-19-3-2-4-20(24-19)25-16-9-7-15(21)8-10-16/h2-4,7-11,14,22H,5-6,12,21H2,1H3,(H,23,24). The zero-order valence-corrected chi connectivity index (χ0v) is 15.1. The average Bonchev–Trinajstić information content (AvgIpc) is 3.44. The fraction of sp³-hybridized carbons (Fsp3) is 0.250. The van der Waals surface area contributed by atoms with E-state index in [4.69, 9.17) is 10.7 Å². The summed E-state index contributed by atoms with van der Waals surface area (Å²) < 4.78 is 0. The third-order valence-corrected chi connectivity index (χ3v) is 5.37. The van der Waals surface area contributed by atoms with Crippen molar-refractivity contribution in [2.45, 2.75) is 29.7 Å². The number of rotatable bonds is 5. The van der Waals surface area contributed by atoms with Crippen LogP contribution < -0.4 is 16.4 Å². The lowest BCUT2D eigenvalue weighted by molar-refractivity contribution is 0.762. The zero-order chi connectivity index (χ0) is 17.2. The molecule has 0 unspecified atom stereocenters. The van der Waals surface area contributed by atoms with Gasteiger partial charge in [-0.3, -0.25) is 0 Å². The first-order chi connectivity index (χ1) is 12.2. The van der Waals surface area contributed by atoms with E-state index in [1.807, 2.05) is 42.5 Å². The predicted octanol–water partition coefficient (Wildman–Crippen LogP) is 4.40. The largest absolute Gasteiger partial charge is 0.399 e. The Hall–Kier alpha value is -2.40. The highest BCUT2D eigenvalue weighted by atomic mass is 32.2. The molecule has 0 bridgehead atoms. The smallest absolute Gasteiger partial charge is 0.131 e. The molecule has 1 aliphatic heterocycles. The van der Waals surface area contributed by atoms with Crippen LogP contribution in [0, 0.1) is 5.92 Å². The van der Waals surface area contributed by atoms with Crippen molar-refractivity contribution < 1.29 is 0 Å². The third-order valence-electron chi connectivity index (χ3n) is 4.42. The molecule has 2 aliphatic rings. The highest BCUT2D eigenvalue weighted by Gasteiger charge is 2.27. The number of nitrogens with zero attached hydrogens (tertiary/aromatic N) is 1. The molecule has 0 radical (unpaired) electrons. The highest BCUT2D eigenvalue weighted by Crippen LogP contribution is 2.37. The van der Waals surface area contributed by atoms with Gasteiger partial charge in [0.25, 0.3) is 0 Å². The Balaban J connectivity index is 1.50. The highest BCUT2D eigenvalue weighted by molar-refractivity contribution is 7.99. The molecule has 4 rings (SSSR count). The van der Waals surface area contributed by atoms with Crippen molar-refractivity contribution in [3.05, 3.63) is 65.5 Å². The minimum Gasteiger partial charge on any atom is -0.399 e. The molecule has 2 aromatic rings. The van der Waals surface area contributed by atoms with Gasteiger partial charge < -0.3 is 16.4 Å². The van der Waals surface area contributed by atoms with Gasteiger partial charge in [-0.05, 0) is 73.7 Å². The fourth-order valence-corrected chi connectivity index (χ4v) is 3.60. The first-order valence-corrected chi connectivity index (χ1v) is 9.42. The summed E-state index contributed by atoms with van der Waals surface area (Å²) >= 11 is 1.64. The van der Waals surface area contributed by atoms with Gasteiger partial charge in [0.15, 0.2) is 0 Å². The summed E-state index contributed by atoms with van der Waals surface area (Å²) in [5.41, 5.74) is 10.4. The number of allylic oxidation sites excluding steroid dienone is 2. The van der Waals surface area contributed by atoms with Crippen LogP contribution in [0.5, 0.6) is 0 Å². The number of nitrogens with one attached hydrogen (secondary N) is 2. The van der Waals surface area contributed by atoms with E-state index in [-0.39, 0.29) is 0 Å². The molecule has 0 atom stereocenters. The molecule has 1 aliphatic carbocycles. The second kappa shape index (κ2) is 6.84. The summed E-state index contributed by atoms with van der Waals surface area (Å²) in [7, 11) is 0. The Morgan fingerprint density at radius 3 is 2.72 bits per heavy atom. The van der Waals surface area contributed by atoms with Crippen molar-refractivity contribution in [1.29, 1.82) is 0 Å². The molecule has 128 valence electrons. The van der Waals surface area contributed by atoms with E-state index in [1.54, 1.807) is 11.8 Å². The Bertz CT molecular complexity index is 835. The lowest BCUT2D eigenvalue weighted by Crippen LogP contribution is -2.24. The van der Waals surface area contributed by atoms with E-state index in [0.717, 1.165) is 33.9 Å². The quantitative estimate of drug-likeness (QED) is 0.698. The van der Waals surface area contributed by atoms with Crippen LogP contribution in [-0.2, 0) is 0 Å². The van der Waals surface area contributed by atoms with Gasteiger partial charge in [-0.15, -0.1) is 0 Å². The Labute approximate surface area is 152 Å². The van der Waals surface area contributed by atoms with E-state index >= 15 is 0 Å². The number of nitrogens with two attached hydrogens (primary N) is 1. The molecule has 4 nitrogen and oxygen atoms in total. The number of dihydropyridines is 1. The number of anilines is 2. The predicted molar refractivity (Wildman–Crippen MR) is 104 cm³/mol. The summed E-state index contributed by atoms with van der Waals surface area (Å²) in [5.74, 6) is 1.60.